The highest BCUT2D eigenvalue weighted by atomic mass is 35.5. The Bertz CT molecular complexity index is 622. The lowest BCUT2D eigenvalue weighted by Gasteiger charge is -2.12. The fourth-order valence-corrected chi connectivity index (χ4v) is 3.34. The molecule has 0 aliphatic carbocycles. The molecule has 2 aromatic rings. The van der Waals surface area contributed by atoms with Gasteiger partial charge in [0.05, 0.1) is 0 Å². The Hall–Kier alpha value is -1.23. The van der Waals surface area contributed by atoms with Gasteiger partial charge in [0.1, 0.15) is 15.6 Å². The average Bonchev–Trinajstić information content (AvgIpc) is 2.46. The van der Waals surface area contributed by atoms with Crippen molar-refractivity contribution in [3.63, 3.8) is 0 Å². The van der Waals surface area contributed by atoms with E-state index in [0.717, 1.165) is 11.1 Å². The summed E-state index contributed by atoms with van der Waals surface area (Å²) in [5.41, 5.74) is 1.78. The Balaban J connectivity index is 2.02. The number of carbonyl (C=O) groups is 1. The Morgan fingerprint density at radius 3 is 2.52 bits per heavy atom. The zero-order valence-corrected chi connectivity index (χ0v) is 13.3. The van der Waals surface area contributed by atoms with Crippen molar-refractivity contribution in [1.82, 2.24) is 4.98 Å². The summed E-state index contributed by atoms with van der Waals surface area (Å²) < 4.78 is 0. The summed E-state index contributed by atoms with van der Waals surface area (Å²) in [6.07, 6.45) is 0.472. The van der Waals surface area contributed by atoms with Crippen molar-refractivity contribution in [3.8, 4) is 0 Å². The summed E-state index contributed by atoms with van der Waals surface area (Å²) in [6, 6.07) is 13.0. The lowest BCUT2D eigenvalue weighted by atomic mass is 10.1. The molecule has 0 saturated carbocycles. The second-order valence-corrected chi connectivity index (χ2v) is 6.35. The molecule has 1 aromatic carbocycles. The summed E-state index contributed by atoms with van der Waals surface area (Å²) in [4.78, 5) is 15.3. The van der Waals surface area contributed by atoms with E-state index in [2.05, 4.69) is 4.98 Å². The van der Waals surface area contributed by atoms with Gasteiger partial charge in [0, 0.05) is 5.75 Å². The molecule has 1 aromatic heterocycles. The van der Waals surface area contributed by atoms with Crippen LogP contribution in [0, 0.1) is 0 Å². The highest BCUT2D eigenvalue weighted by molar-refractivity contribution is 7.99. The van der Waals surface area contributed by atoms with Gasteiger partial charge in [-0.15, -0.1) is 11.8 Å². The van der Waals surface area contributed by atoms with Crippen LogP contribution in [0.15, 0.2) is 42.5 Å². The largest absolute Gasteiger partial charge is 0.480 e. The molecule has 0 spiro atoms. The molecule has 21 heavy (non-hydrogen) atoms. The van der Waals surface area contributed by atoms with Crippen molar-refractivity contribution in [3.05, 3.63) is 63.9 Å². The third-order valence-corrected chi connectivity index (χ3v) is 4.66. The molecule has 0 radical (unpaired) electrons. The molecule has 0 amide bonds. The maximum Gasteiger partial charge on any atom is 0.316 e. The van der Waals surface area contributed by atoms with Gasteiger partial charge in [0.15, 0.2) is 0 Å². The van der Waals surface area contributed by atoms with Crippen LogP contribution in [0.3, 0.4) is 0 Å². The Labute approximate surface area is 137 Å². The van der Waals surface area contributed by atoms with E-state index in [4.69, 9.17) is 23.2 Å². The highest BCUT2D eigenvalue weighted by Gasteiger charge is 2.19. The van der Waals surface area contributed by atoms with E-state index in [1.54, 1.807) is 12.1 Å². The summed E-state index contributed by atoms with van der Waals surface area (Å²) >= 11 is 13.1. The van der Waals surface area contributed by atoms with Crippen LogP contribution in [0.2, 0.25) is 10.3 Å². The predicted molar refractivity (Wildman–Crippen MR) is 87.1 cm³/mol. The van der Waals surface area contributed by atoms with Gasteiger partial charge in [-0.1, -0.05) is 59.6 Å². The van der Waals surface area contributed by atoms with Crippen molar-refractivity contribution in [2.75, 3.05) is 0 Å². The third-order valence-electron chi connectivity index (χ3n) is 2.87. The normalized spacial score (nSPS) is 12.1. The summed E-state index contributed by atoms with van der Waals surface area (Å²) in [5, 5.41) is 9.45. The zero-order chi connectivity index (χ0) is 15.2. The van der Waals surface area contributed by atoms with Crippen LogP contribution in [-0.2, 0) is 17.0 Å². The molecule has 0 aliphatic heterocycles. The van der Waals surface area contributed by atoms with Crippen LogP contribution < -0.4 is 0 Å². The first-order valence-electron chi connectivity index (χ1n) is 6.25. The molecule has 3 nitrogen and oxygen atoms in total. The predicted octanol–water partition coefficient (Wildman–Crippen LogP) is 4.32. The molecule has 0 saturated heterocycles. The molecule has 1 N–H and O–H groups in total. The summed E-state index contributed by atoms with van der Waals surface area (Å²) in [6.45, 7) is 0. The van der Waals surface area contributed by atoms with E-state index < -0.39 is 11.2 Å². The average molecular weight is 342 g/mol. The SMILES string of the molecule is O=C(O)C(Cc1ccccc1)SCc1ccc(Cl)nc1Cl. The van der Waals surface area contributed by atoms with Gasteiger partial charge in [-0.25, -0.2) is 4.98 Å². The van der Waals surface area contributed by atoms with Gasteiger partial charge in [-0.2, -0.15) is 0 Å². The number of carboxylic acids is 1. The smallest absolute Gasteiger partial charge is 0.316 e. The topological polar surface area (TPSA) is 50.2 Å². The number of hydrogen-bond donors (Lipinski definition) is 1. The highest BCUT2D eigenvalue weighted by Crippen LogP contribution is 2.26. The van der Waals surface area contributed by atoms with E-state index >= 15 is 0 Å². The number of rotatable bonds is 6. The maximum absolute atomic E-state index is 11.4. The number of halogens is 2. The van der Waals surface area contributed by atoms with Gasteiger partial charge >= 0.3 is 5.97 Å². The van der Waals surface area contributed by atoms with Crippen LogP contribution in [-0.4, -0.2) is 21.3 Å². The molecule has 0 fully saturated rings. The second-order valence-electron chi connectivity index (χ2n) is 4.41. The molecule has 1 unspecified atom stereocenters. The molecule has 0 aliphatic rings. The van der Waals surface area contributed by atoms with Gasteiger partial charge in [0.2, 0.25) is 0 Å². The van der Waals surface area contributed by atoms with E-state index in [9.17, 15) is 9.90 Å². The molecule has 1 atom stereocenters. The van der Waals surface area contributed by atoms with Crippen LogP contribution >= 0.6 is 35.0 Å². The van der Waals surface area contributed by atoms with E-state index in [-0.39, 0.29) is 0 Å². The number of aliphatic carboxylic acids is 1. The molecule has 6 heteroatoms. The lowest BCUT2D eigenvalue weighted by molar-refractivity contribution is -0.136. The van der Waals surface area contributed by atoms with Crippen LogP contribution in [0.4, 0.5) is 0 Å². The Kier molecular flexibility index (Phi) is 5.91. The van der Waals surface area contributed by atoms with Gasteiger partial charge in [-0.05, 0) is 23.6 Å². The molecule has 2 rings (SSSR count). The fourth-order valence-electron chi connectivity index (χ4n) is 1.78. The molecular weight excluding hydrogens is 329 g/mol. The molecular formula is C15H13Cl2NO2S. The second kappa shape index (κ2) is 7.69. The van der Waals surface area contributed by atoms with Crippen LogP contribution in [0.25, 0.3) is 0 Å². The van der Waals surface area contributed by atoms with Crippen LogP contribution in [0.5, 0.6) is 0 Å². The van der Waals surface area contributed by atoms with E-state index in [1.165, 1.54) is 11.8 Å². The maximum atomic E-state index is 11.4. The minimum absolute atomic E-state index is 0.318. The minimum Gasteiger partial charge on any atom is -0.480 e. The Morgan fingerprint density at radius 2 is 1.90 bits per heavy atom. The monoisotopic (exact) mass is 341 g/mol. The number of hydrogen-bond acceptors (Lipinski definition) is 3. The van der Waals surface area contributed by atoms with Gasteiger partial charge < -0.3 is 5.11 Å². The lowest BCUT2D eigenvalue weighted by Crippen LogP contribution is -2.19. The standard InChI is InChI=1S/C15H13Cl2NO2S/c16-13-7-6-11(14(17)18-13)9-21-12(15(19)20)8-10-4-2-1-3-5-10/h1-7,12H,8-9H2,(H,19,20). The fraction of sp³-hybridized carbons (Fsp3) is 0.200. The van der Waals surface area contributed by atoms with Crippen molar-refractivity contribution in [1.29, 1.82) is 0 Å². The van der Waals surface area contributed by atoms with E-state index in [1.807, 2.05) is 30.3 Å². The van der Waals surface area contributed by atoms with Crippen LogP contribution in [0.1, 0.15) is 11.1 Å². The number of thioether (sulfide) groups is 1. The summed E-state index contributed by atoms with van der Waals surface area (Å²) in [7, 11) is 0. The van der Waals surface area contributed by atoms with Crippen molar-refractivity contribution >= 4 is 40.9 Å². The van der Waals surface area contributed by atoms with Gasteiger partial charge in [0.25, 0.3) is 0 Å². The number of nitrogens with zero attached hydrogens (tertiary/aromatic N) is 1. The van der Waals surface area contributed by atoms with Crippen molar-refractivity contribution in [2.45, 2.75) is 17.4 Å². The number of pyridine rings is 1. The molecule has 110 valence electrons. The quantitative estimate of drug-likeness (QED) is 0.795. The third kappa shape index (κ3) is 4.92. The number of aromatic nitrogens is 1. The molecule has 1 heterocycles. The number of carboxylic acid groups (broad SMARTS) is 1. The first kappa shape index (κ1) is 16.1. The van der Waals surface area contributed by atoms with Gasteiger partial charge in [-0.3, -0.25) is 4.79 Å². The number of benzene rings is 1. The Morgan fingerprint density at radius 1 is 1.19 bits per heavy atom. The van der Waals surface area contributed by atoms with Crippen molar-refractivity contribution in [2.24, 2.45) is 0 Å². The summed E-state index contributed by atoms with van der Waals surface area (Å²) in [5.74, 6) is -0.353. The zero-order valence-electron chi connectivity index (χ0n) is 11.0. The first-order chi connectivity index (χ1) is 10.1. The first-order valence-corrected chi connectivity index (χ1v) is 8.06. The van der Waals surface area contributed by atoms with Crippen molar-refractivity contribution < 1.29 is 9.90 Å². The van der Waals surface area contributed by atoms with E-state index in [0.29, 0.717) is 22.5 Å². The molecule has 0 bridgehead atoms. The minimum atomic E-state index is -0.832.